The van der Waals surface area contributed by atoms with Crippen LogP contribution in [0.25, 0.3) is 10.9 Å². The van der Waals surface area contributed by atoms with Gasteiger partial charge in [0.05, 0.1) is 0 Å². The number of alkyl carbamates (subject to hydrolysis) is 1. The minimum absolute atomic E-state index is 0.0400. The van der Waals surface area contributed by atoms with Crippen LogP contribution in [-0.4, -0.2) is 53.1 Å². The molecule has 3 amide bonds. The molecule has 0 spiro atoms. The van der Waals surface area contributed by atoms with E-state index in [9.17, 15) is 19.2 Å². The van der Waals surface area contributed by atoms with Crippen molar-refractivity contribution in [1.29, 1.82) is 0 Å². The zero-order valence-corrected chi connectivity index (χ0v) is 36.9. The highest BCUT2D eigenvalue weighted by Crippen LogP contribution is 2.44. The Morgan fingerprint density at radius 2 is 1.36 bits per heavy atom. The maximum Gasteiger partial charge on any atom is 0.407 e. The number of carbonyl (C=O) groups is 4. The summed E-state index contributed by atoms with van der Waals surface area (Å²) in [5, 5.41) is 9.94. The normalized spacial score (nSPS) is 13.4. The predicted octanol–water partition coefficient (Wildman–Crippen LogP) is 10.2. The van der Waals surface area contributed by atoms with Crippen molar-refractivity contribution in [3.63, 3.8) is 0 Å². The van der Waals surface area contributed by atoms with Gasteiger partial charge < -0.3 is 30.4 Å². The van der Waals surface area contributed by atoms with Crippen LogP contribution in [0.2, 0.25) is 5.02 Å². The van der Waals surface area contributed by atoms with Crippen LogP contribution in [0.15, 0.2) is 109 Å². The number of rotatable bonds is 21. The highest BCUT2D eigenvalue weighted by Gasteiger charge is 2.44. The van der Waals surface area contributed by atoms with E-state index in [1.54, 1.807) is 32.9 Å². The summed E-state index contributed by atoms with van der Waals surface area (Å²) in [6.45, 7) is 9.38. The second-order valence-electron chi connectivity index (χ2n) is 16.6. The number of ether oxygens (including phenoxy) is 2. The van der Waals surface area contributed by atoms with Crippen molar-refractivity contribution >= 4 is 46.4 Å². The Morgan fingerprint density at radius 3 is 2.07 bits per heavy atom. The van der Waals surface area contributed by atoms with E-state index in [0.717, 1.165) is 41.3 Å². The molecule has 0 aliphatic carbocycles. The number of hydrogen-bond donors (Lipinski definition) is 4. The first-order valence-electron chi connectivity index (χ1n) is 21.5. The van der Waals surface area contributed by atoms with Gasteiger partial charge in [0.25, 0.3) is 0 Å². The van der Waals surface area contributed by atoms with Crippen LogP contribution in [0.4, 0.5) is 4.79 Å². The number of benzene rings is 4. The molecule has 1 aromatic heterocycles. The number of hydrogen-bond acceptors (Lipinski definition) is 6. The molecule has 0 radical (unpaired) electrons. The molecule has 5 aromatic rings. The molecule has 0 fully saturated rings. The fourth-order valence-electron chi connectivity index (χ4n) is 7.47. The van der Waals surface area contributed by atoms with Gasteiger partial charge in [0.1, 0.15) is 17.7 Å². The number of para-hydroxylation sites is 1. The summed E-state index contributed by atoms with van der Waals surface area (Å²) in [5.41, 5.74) is 2.21. The molecule has 0 aliphatic rings. The first-order chi connectivity index (χ1) is 29.3. The van der Waals surface area contributed by atoms with E-state index in [-0.39, 0.29) is 31.7 Å². The number of aromatic nitrogens is 1. The average Bonchev–Trinajstić information content (AvgIpc) is 3.64. The third kappa shape index (κ3) is 13.2. The van der Waals surface area contributed by atoms with Gasteiger partial charge in [0.15, 0.2) is 5.60 Å². The molecule has 3 atom stereocenters. The zero-order valence-electron chi connectivity index (χ0n) is 36.2. The fraction of sp³-hybridized carbons (Fsp3) is 0.400. The van der Waals surface area contributed by atoms with E-state index in [4.69, 9.17) is 21.1 Å². The molecule has 0 saturated carbocycles. The molecule has 0 bridgehead atoms. The molecule has 0 aliphatic heterocycles. The second-order valence-corrected chi connectivity index (χ2v) is 17.1. The Kier molecular flexibility index (Phi) is 17.0. The van der Waals surface area contributed by atoms with Crippen molar-refractivity contribution in [2.45, 2.75) is 122 Å². The van der Waals surface area contributed by atoms with Gasteiger partial charge in [-0.15, -0.1) is 0 Å². The Bertz CT molecular complexity index is 2200. The number of halogens is 1. The van der Waals surface area contributed by atoms with Gasteiger partial charge in [-0.2, -0.15) is 0 Å². The Labute approximate surface area is 365 Å². The van der Waals surface area contributed by atoms with Crippen molar-refractivity contribution in [2.75, 3.05) is 6.54 Å². The third-order valence-electron chi connectivity index (χ3n) is 10.6. The van der Waals surface area contributed by atoms with Gasteiger partial charge in [-0.1, -0.05) is 154 Å². The second kappa shape index (κ2) is 22.3. The SMILES string of the molecule is CCCCCCCCCC(=O)NC(Cc1c[nH]c2ccccc12)C(=O)NC(CCNC(=O)OC(C)(C)C)C(=O)OC(c1ccccc1)(c1ccc(C)cc1)c1ccccc1Cl. The summed E-state index contributed by atoms with van der Waals surface area (Å²) in [5.74, 6) is -1.60. The first kappa shape index (κ1) is 46.5. The predicted molar refractivity (Wildman–Crippen MR) is 242 cm³/mol. The standard InChI is InChI=1S/C50H61ClN4O6/c1-6-7-8-9-10-11-15-26-45(56)54-44(33-36-34-53-42-25-19-16-22-39(36)42)46(57)55-43(31-32-52-48(59)61-49(3,4)5)47(58)60-50(37-20-13-12-14-21-37,38-29-27-35(2)28-30-38)40-23-17-18-24-41(40)51/h12-14,16-25,27-30,34,43-44,53H,6-11,15,26,31-33H2,1-5H3,(H,52,59)(H,54,56)(H,55,57). The van der Waals surface area contributed by atoms with E-state index in [1.807, 2.05) is 104 Å². The summed E-state index contributed by atoms with van der Waals surface area (Å²) in [6.07, 6.45) is 8.90. The van der Waals surface area contributed by atoms with E-state index >= 15 is 0 Å². The maximum atomic E-state index is 15.0. The van der Waals surface area contributed by atoms with Gasteiger partial charge in [0.2, 0.25) is 11.8 Å². The summed E-state index contributed by atoms with van der Waals surface area (Å²) in [4.78, 5) is 59.1. The molecule has 5 rings (SSSR count). The van der Waals surface area contributed by atoms with Crippen LogP contribution in [0.3, 0.4) is 0 Å². The molecule has 61 heavy (non-hydrogen) atoms. The highest BCUT2D eigenvalue weighted by molar-refractivity contribution is 6.31. The lowest BCUT2D eigenvalue weighted by Crippen LogP contribution is -2.54. The lowest BCUT2D eigenvalue weighted by atomic mass is 9.79. The molecule has 324 valence electrons. The van der Waals surface area contributed by atoms with Gasteiger partial charge in [-0.25, -0.2) is 9.59 Å². The molecule has 0 saturated heterocycles. The van der Waals surface area contributed by atoms with Crippen LogP contribution in [0, 0.1) is 6.92 Å². The molecular formula is C50H61ClN4O6. The summed E-state index contributed by atoms with van der Waals surface area (Å²) < 4.78 is 12.2. The van der Waals surface area contributed by atoms with Crippen molar-refractivity contribution in [2.24, 2.45) is 0 Å². The van der Waals surface area contributed by atoms with Crippen molar-refractivity contribution < 1.29 is 28.7 Å². The maximum absolute atomic E-state index is 15.0. The molecule has 10 nitrogen and oxygen atoms in total. The number of carbonyl (C=O) groups excluding carboxylic acids is 4. The van der Waals surface area contributed by atoms with E-state index < -0.39 is 41.3 Å². The smallest absolute Gasteiger partial charge is 0.407 e. The highest BCUT2D eigenvalue weighted by atomic mass is 35.5. The molecule has 1 heterocycles. The fourth-order valence-corrected chi connectivity index (χ4v) is 7.74. The van der Waals surface area contributed by atoms with E-state index in [0.29, 0.717) is 28.1 Å². The van der Waals surface area contributed by atoms with Gasteiger partial charge in [-0.3, -0.25) is 9.59 Å². The largest absolute Gasteiger partial charge is 0.444 e. The topological polar surface area (TPSA) is 139 Å². The molecular weight excluding hydrogens is 788 g/mol. The molecule has 11 heteroatoms. The number of unbranched alkanes of at least 4 members (excludes halogenated alkanes) is 6. The number of nitrogens with one attached hydrogen (secondary N) is 4. The van der Waals surface area contributed by atoms with Crippen LogP contribution < -0.4 is 16.0 Å². The van der Waals surface area contributed by atoms with Gasteiger partial charge in [-0.05, 0) is 58.2 Å². The van der Waals surface area contributed by atoms with Crippen molar-refractivity contribution in [1.82, 2.24) is 20.9 Å². The summed E-state index contributed by atoms with van der Waals surface area (Å²) >= 11 is 6.97. The summed E-state index contributed by atoms with van der Waals surface area (Å²) in [6, 6.07) is 29.6. The van der Waals surface area contributed by atoms with Crippen LogP contribution in [0.1, 0.15) is 113 Å². The molecule has 3 unspecified atom stereocenters. The lowest BCUT2D eigenvalue weighted by Gasteiger charge is -2.37. The van der Waals surface area contributed by atoms with Crippen molar-refractivity contribution in [3.8, 4) is 0 Å². The number of H-pyrrole nitrogens is 1. The Balaban J connectivity index is 1.49. The average molecular weight is 850 g/mol. The number of amides is 3. The number of aromatic amines is 1. The van der Waals surface area contributed by atoms with Crippen LogP contribution >= 0.6 is 11.6 Å². The first-order valence-corrected chi connectivity index (χ1v) is 21.9. The van der Waals surface area contributed by atoms with Crippen LogP contribution in [0.5, 0.6) is 0 Å². The number of aryl methyl sites for hydroxylation is 1. The zero-order chi connectivity index (χ0) is 43.8. The van der Waals surface area contributed by atoms with E-state index in [2.05, 4.69) is 27.9 Å². The third-order valence-corrected chi connectivity index (χ3v) is 10.9. The Hall–Kier alpha value is -5.61. The minimum Gasteiger partial charge on any atom is -0.444 e. The Morgan fingerprint density at radius 1 is 0.721 bits per heavy atom. The molecule has 4 aromatic carbocycles. The lowest BCUT2D eigenvalue weighted by molar-refractivity contribution is -0.157. The minimum atomic E-state index is -1.56. The van der Waals surface area contributed by atoms with Gasteiger partial charge in [0, 0.05) is 58.2 Å². The van der Waals surface area contributed by atoms with Crippen molar-refractivity contribution in [3.05, 3.63) is 142 Å². The van der Waals surface area contributed by atoms with Gasteiger partial charge >= 0.3 is 12.1 Å². The quantitative estimate of drug-likeness (QED) is 0.0330. The number of fused-ring (bicyclic) bond motifs is 1. The monoisotopic (exact) mass is 848 g/mol. The molecule has 4 N–H and O–H groups in total. The summed E-state index contributed by atoms with van der Waals surface area (Å²) in [7, 11) is 0. The number of esters is 1. The van der Waals surface area contributed by atoms with Crippen LogP contribution in [-0.2, 0) is 35.9 Å². The van der Waals surface area contributed by atoms with E-state index in [1.165, 1.54) is 19.3 Å².